The van der Waals surface area contributed by atoms with Gasteiger partial charge >= 0.3 is 0 Å². The Hall–Kier alpha value is -1.99. The first-order valence-corrected chi connectivity index (χ1v) is 7.40. The molecule has 2 heterocycles. The fourth-order valence-corrected chi connectivity index (χ4v) is 2.64. The summed E-state index contributed by atoms with van der Waals surface area (Å²) in [7, 11) is 4.05. The molecule has 0 aromatic heterocycles. The molecule has 0 bridgehead atoms. The third-order valence-corrected chi connectivity index (χ3v) is 3.75. The van der Waals surface area contributed by atoms with Crippen LogP contribution in [0.4, 0.5) is 0 Å². The van der Waals surface area contributed by atoms with Crippen molar-refractivity contribution in [1.29, 1.82) is 0 Å². The monoisotopic (exact) mass is 320 g/mol. The van der Waals surface area contributed by atoms with Gasteiger partial charge in [0, 0.05) is 24.5 Å². The molecule has 0 unspecified atom stereocenters. The Balaban J connectivity index is 2.32. The minimum Gasteiger partial charge on any atom is -0.348 e. The number of carbonyl (C=O) groups excluding carboxylic acids is 2. The third kappa shape index (κ3) is 3.42. The highest BCUT2D eigenvalue weighted by molar-refractivity contribution is 7.80. The van der Waals surface area contributed by atoms with Gasteiger partial charge in [0.25, 0.3) is 11.8 Å². The lowest BCUT2D eigenvalue weighted by Crippen LogP contribution is -2.51. The third-order valence-electron chi connectivity index (χ3n) is 3.55. The molecule has 0 saturated carbocycles. The molecular formula is C15H20N4O2S. The number of nitrogens with zero attached hydrogens (tertiary/aromatic N) is 2. The van der Waals surface area contributed by atoms with Crippen molar-refractivity contribution in [2.24, 2.45) is 0 Å². The first kappa shape index (κ1) is 16.4. The molecule has 0 radical (unpaired) electrons. The zero-order valence-corrected chi connectivity index (χ0v) is 14.0. The van der Waals surface area contributed by atoms with Crippen molar-refractivity contribution in [2.75, 3.05) is 27.2 Å². The Labute approximate surface area is 135 Å². The number of hydrogen-bond acceptors (Lipinski definition) is 5. The average molecular weight is 320 g/mol. The second kappa shape index (κ2) is 6.41. The van der Waals surface area contributed by atoms with Crippen LogP contribution < -0.4 is 10.6 Å². The van der Waals surface area contributed by atoms with Gasteiger partial charge < -0.3 is 9.80 Å². The zero-order valence-electron chi connectivity index (χ0n) is 13.2. The van der Waals surface area contributed by atoms with E-state index in [0.717, 1.165) is 24.5 Å². The van der Waals surface area contributed by atoms with Gasteiger partial charge in [-0.2, -0.15) is 0 Å². The van der Waals surface area contributed by atoms with Gasteiger partial charge in [0.1, 0.15) is 5.57 Å². The maximum atomic E-state index is 12.0. The van der Waals surface area contributed by atoms with Gasteiger partial charge in [0.15, 0.2) is 5.11 Å². The number of allylic oxidation sites excluding steroid dienone is 5. The van der Waals surface area contributed by atoms with E-state index in [-0.39, 0.29) is 10.7 Å². The van der Waals surface area contributed by atoms with Crippen LogP contribution in [0.3, 0.4) is 0 Å². The van der Waals surface area contributed by atoms with E-state index >= 15 is 0 Å². The number of likely N-dealkylation sites (N-methyl/N-ethyl adjacent to an activating group) is 1. The summed E-state index contributed by atoms with van der Waals surface area (Å²) >= 11 is 4.81. The molecule has 118 valence electrons. The highest BCUT2D eigenvalue weighted by Gasteiger charge is 2.29. The SMILES string of the molecule is CC1=CC(=C2C(=O)NC(=S)NC2=O)C=C(C)N1CCN(C)C. The van der Waals surface area contributed by atoms with Gasteiger partial charge in [0.05, 0.1) is 0 Å². The Morgan fingerprint density at radius 2 is 1.59 bits per heavy atom. The van der Waals surface area contributed by atoms with Crippen LogP contribution in [0.25, 0.3) is 0 Å². The summed E-state index contributed by atoms with van der Waals surface area (Å²) in [6, 6.07) is 0. The molecule has 2 rings (SSSR count). The van der Waals surface area contributed by atoms with E-state index in [9.17, 15) is 9.59 Å². The summed E-state index contributed by atoms with van der Waals surface area (Å²) in [5.41, 5.74) is 2.70. The molecule has 1 saturated heterocycles. The number of nitrogens with one attached hydrogen (secondary N) is 2. The van der Waals surface area contributed by atoms with Crippen LogP contribution in [-0.4, -0.2) is 53.9 Å². The molecule has 0 aromatic rings. The lowest BCUT2D eigenvalue weighted by molar-refractivity contribution is -0.123. The first-order valence-electron chi connectivity index (χ1n) is 6.99. The van der Waals surface area contributed by atoms with E-state index in [4.69, 9.17) is 12.2 Å². The lowest BCUT2D eigenvalue weighted by Gasteiger charge is -2.31. The topological polar surface area (TPSA) is 64.7 Å². The van der Waals surface area contributed by atoms with Crippen LogP contribution >= 0.6 is 12.2 Å². The van der Waals surface area contributed by atoms with E-state index in [1.807, 2.05) is 40.1 Å². The smallest absolute Gasteiger partial charge is 0.263 e. The van der Waals surface area contributed by atoms with E-state index < -0.39 is 11.8 Å². The van der Waals surface area contributed by atoms with Gasteiger partial charge in [-0.1, -0.05) is 0 Å². The first-order chi connectivity index (χ1) is 10.3. The molecule has 2 aliphatic heterocycles. The number of thiocarbonyl (C=S) groups is 1. The molecule has 6 nitrogen and oxygen atoms in total. The van der Waals surface area contributed by atoms with Crippen LogP contribution in [0, 0.1) is 0 Å². The lowest BCUT2D eigenvalue weighted by atomic mass is 10.00. The van der Waals surface area contributed by atoms with Crippen molar-refractivity contribution in [1.82, 2.24) is 20.4 Å². The molecule has 2 aliphatic rings. The molecule has 0 spiro atoms. The van der Waals surface area contributed by atoms with E-state index in [0.29, 0.717) is 5.57 Å². The maximum absolute atomic E-state index is 12.0. The van der Waals surface area contributed by atoms with Gasteiger partial charge in [-0.05, 0) is 57.9 Å². The van der Waals surface area contributed by atoms with E-state index in [1.54, 1.807) is 0 Å². The van der Waals surface area contributed by atoms with Crippen LogP contribution in [-0.2, 0) is 9.59 Å². The summed E-state index contributed by atoms with van der Waals surface area (Å²) in [5, 5.41) is 4.97. The van der Waals surface area contributed by atoms with Crippen molar-refractivity contribution in [3.63, 3.8) is 0 Å². The quantitative estimate of drug-likeness (QED) is 0.450. The van der Waals surface area contributed by atoms with Gasteiger partial charge in [-0.3, -0.25) is 20.2 Å². The van der Waals surface area contributed by atoms with Crippen molar-refractivity contribution < 1.29 is 9.59 Å². The summed E-state index contributed by atoms with van der Waals surface area (Å²) in [6.45, 7) is 5.70. The Bertz CT molecular complexity index is 587. The molecule has 1 fully saturated rings. The normalized spacial score (nSPS) is 19.1. The molecular weight excluding hydrogens is 300 g/mol. The summed E-state index contributed by atoms with van der Waals surface area (Å²) in [6.07, 6.45) is 3.71. The number of rotatable bonds is 3. The number of hydrogen-bond donors (Lipinski definition) is 2. The minimum atomic E-state index is -0.460. The van der Waals surface area contributed by atoms with E-state index in [1.165, 1.54) is 0 Å². The summed E-state index contributed by atoms with van der Waals surface area (Å²) < 4.78 is 0. The van der Waals surface area contributed by atoms with Crippen LogP contribution in [0.1, 0.15) is 13.8 Å². The van der Waals surface area contributed by atoms with Gasteiger partial charge in [-0.25, -0.2) is 0 Å². The van der Waals surface area contributed by atoms with Crippen molar-refractivity contribution in [2.45, 2.75) is 13.8 Å². The number of carbonyl (C=O) groups is 2. The Morgan fingerprint density at radius 1 is 1.09 bits per heavy atom. The second-order valence-corrected chi connectivity index (χ2v) is 6.00. The molecule has 0 aromatic carbocycles. The highest BCUT2D eigenvalue weighted by Crippen LogP contribution is 2.25. The summed E-state index contributed by atoms with van der Waals surface area (Å²) in [4.78, 5) is 28.3. The van der Waals surface area contributed by atoms with Crippen LogP contribution in [0.15, 0.2) is 34.7 Å². The van der Waals surface area contributed by atoms with Gasteiger partial charge in [-0.15, -0.1) is 0 Å². The van der Waals surface area contributed by atoms with Gasteiger partial charge in [0.2, 0.25) is 0 Å². The van der Waals surface area contributed by atoms with E-state index in [2.05, 4.69) is 20.4 Å². The average Bonchev–Trinajstić information content (AvgIpc) is 2.35. The van der Waals surface area contributed by atoms with Crippen molar-refractivity contribution in [3.05, 3.63) is 34.7 Å². The molecule has 0 aliphatic carbocycles. The molecule has 7 heteroatoms. The predicted octanol–water partition coefficient (Wildman–Crippen LogP) is 0.499. The van der Waals surface area contributed by atoms with Crippen molar-refractivity contribution >= 4 is 29.1 Å². The largest absolute Gasteiger partial charge is 0.348 e. The molecule has 0 atom stereocenters. The number of amides is 2. The second-order valence-electron chi connectivity index (χ2n) is 5.59. The zero-order chi connectivity index (χ0) is 16.4. The highest BCUT2D eigenvalue weighted by atomic mass is 32.1. The predicted molar refractivity (Wildman–Crippen MR) is 88.7 cm³/mol. The minimum absolute atomic E-state index is 0.0455. The Kier molecular flexibility index (Phi) is 4.77. The molecule has 2 N–H and O–H groups in total. The summed E-state index contributed by atoms with van der Waals surface area (Å²) in [5.74, 6) is -0.919. The maximum Gasteiger partial charge on any atom is 0.263 e. The standard InChI is InChI=1S/C15H20N4O2S/c1-9-7-11(8-10(2)19(9)6-5-18(3)4)12-13(20)16-15(22)17-14(12)21/h7-8H,5-6H2,1-4H3,(H2,16,17,20,21,22). The molecule has 22 heavy (non-hydrogen) atoms. The van der Waals surface area contributed by atoms with Crippen LogP contribution in [0.2, 0.25) is 0 Å². The molecule has 2 amide bonds. The fraction of sp³-hybridized carbons (Fsp3) is 0.400. The van der Waals surface area contributed by atoms with Crippen molar-refractivity contribution in [3.8, 4) is 0 Å². The fourth-order valence-electron chi connectivity index (χ4n) is 2.45. The Morgan fingerprint density at radius 3 is 2.05 bits per heavy atom. The van der Waals surface area contributed by atoms with Crippen LogP contribution in [0.5, 0.6) is 0 Å².